The molecule has 176 valence electrons. The molecule has 4 rings (SSSR count). The zero-order valence-corrected chi connectivity index (χ0v) is 20.6. The van der Waals surface area contributed by atoms with E-state index in [2.05, 4.69) is 0 Å². The van der Waals surface area contributed by atoms with Gasteiger partial charge in [-0.05, 0) is 44.2 Å². The molecule has 1 fully saturated rings. The van der Waals surface area contributed by atoms with Gasteiger partial charge in [-0.3, -0.25) is 4.79 Å². The molecule has 1 saturated heterocycles. The van der Waals surface area contributed by atoms with E-state index in [1.807, 2.05) is 48.7 Å². The topological polar surface area (TPSA) is 84.7 Å². The summed E-state index contributed by atoms with van der Waals surface area (Å²) in [6.07, 6.45) is 0. The van der Waals surface area contributed by atoms with E-state index in [-0.39, 0.29) is 16.1 Å². The number of para-hydroxylation sites is 1. The van der Waals surface area contributed by atoms with Gasteiger partial charge in [0.2, 0.25) is 15.9 Å². The average Bonchev–Trinajstić information content (AvgIpc) is 3.20. The number of fused-ring (bicyclic) bond motifs is 1. The fourth-order valence-corrected chi connectivity index (χ4v) is 6.35. The normalized spacial score (nSPS) is 16.1. The summed E-state index contributed by atoms with van der Waals surface area (Å²) in [4.78, 5) is 19.6. The molecule has 0 aliphatic carbocycles. The Bertz CT molecular complexity index is 1240. The number of morpholine rings is 1. The first-order valence-corrected chi connectivity index (χ1v) is 13.2. The fraction of sp³-hybridized carbons (Fsp3) is 0.391. The lowest BCUT2D eigenvalue weighted by Gasteiger charge is -2.26. The van der Waals surface area contributed by atoms with Crippen LogP contribution >= 0.6 is 11.8 Å². The predicted octanol–water partition coefficient (Wildman–Crippen LogP) is 3.22. The molecule has 2 heterocycles. The highest BCUT2D eigenvalue weighted by molar-refractivity contribution is 8.00. The Morgan fingerprint density at radius 2 is 1.88 bits per heavy atom. The molecule has 0 saturated carbocycles. The molecule has 3 aromatic rings. The van der Waals surface area contributed by atoms with Crippen LogP contribution in [-0.4, -0.2) is 66.8 Å². The number of imidazole rings is 1. The number of hydrogen-bond acceptors (Lipinski definition) is 6. The van der Waals surface area contributed by atoms with E-state index in [1.54, 1.807) is 30.1 Å². The lowest BCUT2D eigenvalue weighted by molar-refractivity contribution is -0.117. The first-order valence-electron chi connectivity index (χ1n) is 10.9. The number of aromatic nitrogens is 2. The molecule has 0 N–H and O–H groups in total. The van der Waals surface area contributed by atoms with Crippen molar-refractivity contribution in [3.05, 3.63) is 48.5 Å². The largest absolute Gasteiger partial charge is 0.379 e. The van der Waals surface area contributed by atoms with Gasteiger partial charge in [0, 0.05) is 32.4 Å². The zero-order chi connectivity index (χ0) is 23.6. The van der Waals surface area contributed by atoms with Gasteiger partial charge in [-0.1, -0.05) is 30.0 Å². The second-order valence-corrected chi connectivity index (χ2v) is 11.0. The second kappa shape index (κ2) is 9.84. The standard InChI is InChI=1S/C23H28N4O4S2/c1-4-27-21-11-10-19(33(29,30)26-12-14-31-15-13-26)16-20(21)24-23(27)32-17(2)22(28)25(3)18-8-6-5-7-9-18/h5-11,16-17H,4,12-15H2,1-3H3. The zero-order valence-electron chi connectivity index (χ0n) is 19.0. The van der Waals surface area contributed by atoms with Crippen molar-refractivity contribution in [2.75, 3.05) is 38.3 Å². The van der Waals surface area contributed by atoms with Crippen molar-refractivity contribution in [1.82, 2.24) is 13.9 Å². The average molecular weight is 489 g/mol. The van der Waals surface area contributed by atoms with Crippen LogP contribution in [0.4, 0.5) is 5.69 Å². The number of anilines is 1. The van der Waals surface area contributed by atoms with Crippen LogP contribution in [0.2, 0.25) is 0 Å². The summed E-state index contributed by atoms with van der Waals surface area (Å²) in [5.74, 6) is -0.0310. The van der Waals surface area contributed by atoms with E-state index in [0.29, 0.717) is 43.5 Å². The van der Waals surface area contributed by atoms with Crippen LogP contribution in [0.5, 0.6) is 0 Å². The molecule has 1 unspecified atom stereocenters. The van der Waals surface area contributed by atoms with E-state index in [1.165, 1.54) is 16.1 Å². The van der Waals surface area contributed by atoms with Gasteiger partial charge in [0.15, 0.2) is 5.16 Å². The number of carbonyl (C=O) groups is 1. The highest BCUT2D eigenvalue weighted by atomic mass is 32.2. The first-order chi connectivity index (χ1) is 15.8. The molecule has 0 radical (unpaired) electrons. The monoisotopic (exact) mass is 488 g/mol. The molecule has 1 atom stereocenters. The lowest BCUT2D eigenvalue weighted by atomic mass is 10.3. The number of benzene rings is 2. The van der Waals surface area contributed by atoms with Crippen LogP contribution in [0.15, 0.2) is 58.6 Å². The van der Waals surface area contributed by atoms with Gasteiger partial charge in [-0.2, -0.15) is 4.31 Å². The fourth-order valence-electron chi connectivity index (χ4n) is 3.84. The summed E-state index contributed by atoms with van der Waals surface area (Å²) in [6, 6.07) is 14.6. The third-order valence-electron chi connectivity index (χ3n) is 5.71. The van der Waals surface area contributed by atoms with Gasteiger partial charge < -0.3 is 14.2 Å². The number of amides is 1. The highest BCUT2D eigenvalue weighted by Gasteiger charge is 2.28. The Morgan fingerprint density at radius 3 is 2.55 bits per heavy atom. The van der Waals surface area contributed by atoms with Crippen molar-refractivity contribution in [3.63, 3.8) is 0 Å². The summed E-state index contributed by atoms with van der Waals surface area (Å²) in [5, 5.41) is 0.324. The Kier molecular flexibility index (Phi) is 7.08. The van der Waals surface area contributed by atoms with Gasteiger partial charge in [-0.15, -0.1) is 0 Å². The van der Waals surface area contributed by atoms with Gasteiger partial charge in [0.25, 0.3) is 0 Å². The van der Waals surface area contributed by atoms with Crippen LogP contribution in [-0.2, 0) is 26.1 Å². The van der Waals surface area contributed by atoms with Gasteiger partial charge >= 0.3 is 0 Å². The molecule has 0 bridgehead atoms. The molecular formula is C23H28N4O4S2. The summed E-state index contributed by atoms with van der Waals surface area (Å²) in [6.45, 7) is 6.01. The molecular weight excluding hydrogens is 460 g/mol. The van der Waals surface area contributed by atoms with Crippen LogP contribution in [0.1, 0.15) is 13.8 Å². The van der Waals surface area contributed by atoms with Crippen molar-refractivity contribution >= 4 is 44.4 Å². The molecule has 1 aliphatic rings. The number of sulfonamides is 1. The molecule has 8 nitrogen and oxygen atoms in total. The summed E-state index contributed by atoms with van der Waals surface area (Å²) >= 11 is 1.38. The van der Waals surface area contributed by atoms with Crippen molar-refractivity contribution in [2.24, 2.45) is 0 Å². The third-order valence-corrected chi connectivity index (χ3v) is 8.69. The number of hydrogen-bond donors (Lipinski definition) is 0. The Morgan fingerprint density at radius 1 is 1.18 bits per heavy atom. The van der Waals surface area contributed by atoms with Crippen LogP contribution < -0.4 is 4.90 Å². The maximum absolute atomic E-state index is 13.0. The summed E-state index contributed by atoms with van der Waals surface area (Å²) < 4.78 is 34.8. The molecule has 33 heavy (non-hydrogen) atoms. The molecule has 1 aliphatic heterocycles. The molecule has 10 heteroatoms. The molecule has 0 spiro atoms. The Balaban J connectivity index is 1.60. The van der Waals surface area contributed by atoms with Crippen LogP contribution in [0.3, 0.4) is 0 Å². The van der Waals surface area contributed by atoms with Crippen LogP contribution in [0.25, 0.3) is 11.0 Å². The number of ether oxygens (including phenoxy) is 1. The number of carbonyl (C=O) groups excluding carboxylic acids is 1. The van der Waals surface area contributed by atoms with Gasteiger partial charge in [-0.25, -0.2) is 13.4 Å². The van der Waals surface area contributed by atoms with Gasteiger partial charge in [0.05, 0.1) is 34.4 Å². The maximum atomic E-state index is 13.0. The minimum atomic E-state index is -3.61. The van der Waals surface area contributed by atoms with E-state index >= 15 is 0 Å². The van der Waals surface area contributed by atoms with Crippen molar-refractivity contribution < 1.29 is 17.9 Å². The smallest absolute Gasteiger partial charge is 0.243 e. The quantitative estimate of drug-likeness (QED) is 0.475. The SMILES string of the molecule is CCn1c(SC(C)C(=O)N(C)c2ccccc2)nc2cc(S(=O)(=O)N3CCOCC3)ccc21. The number of aryl methyl sites for hydroxylation is 1. The minimum Gasteiger partial charge on any atom is -0.379 e. The predicted molar refractivity (Wildman–Crippen MR) is 130 cm³/mol. The summed E-state index contributed by atoms with van der Waals surface area (Å²) in [5.41, 5.74) is 2.28. The minimum absolute atomic E-state index is 0.0310. The maximum Gasteiger partial charge on any atom is 0.243 e. The molecule has 1 amide bonds. The highest BCUT2D eigenvalue weighted by Crippen LogP contribution is 2.30. The van der Waals surface area contributed by atoms with E-state index in [4.69, 9.17) is 9.72 Å². The first kappa shape index (κ1) is 23.7. The number of thioether (sulfide) groups is 1. The second-order valence-electron chi connectivity index (χ2n) is 7.80. The summed E-state index contributed by atoms with van der Waals surface area (Å²) in [7, 11) is -1.84. The number of nitrogens with zero attached hydrogens (tertiary/aromatic N) is 4. The molecule has 2 aromatic carbocycles. The third kappa shape index (κ3) is 4.79. The van der Waals surface area contributed by atoms with Crippen LogP contribution in [0, 0.1) is 0 Å². The van der Waals surface area contributed by atoms with Crippen molar-refractivity contribution in [3.8, 4) is 0 Å². The van der Waals surface area contributed by atoms with E-state index in [0.717, 1.165) is 11.2 Å². The van der Waals surface area contributed by atoms with Crippen molar-refractivity contribution in [2.45, 2.75) is 35.7 Å². The number of rotatable bonds is 7. The Hall–Kier alpha value is -2.40. The van der Waals surface area contributed by atoms with E-state index in [9.17, 15) is 13.2 Å². The lowest BCUT2D eigenvalue weighted by Crippen LogP contribution is -2.40. The van der Waals surface area contributed by atoms with E-state index < -0.39 is 10.0 Å². The molecule has 1 aromatic heterocycles. The Labute approximate surface area is 198 Å². The van der Waals surface area contributed by atoms with Crippen molar-refractivity contribution in [1.29, 1.82) is 0 Å². The van der Waals surface area contributed by atoms with Gasteiger partial charge in [0.1, 0.15) is 0 Å².